The molecule has 0 amide bonds. The van der Waals surface area contributed by atoms with Gasteiger partial charge in [0.05, 0.1) is 0 Å². The lowest BCUT2D eigenvalue weighted by atomic mass is 9.95. The number of hydrogen-bond donors (Lipinski definition) is 2. The Morgan fingerprint density at radius 3 is 2.47 bits per heavy atom. The van der Waals surface area contributed by atoms with Crippen LogP contribution in [0.2, 0.25) is 0 Å². The van der Waals surface area contributed by atoms with Gasteiger partial charge in [0.15, 0.2) is 0 Å². The molecule has 0 aliphatic rings. The van der Waals surface area contributed by atoms with E-state index in [2.05, 4.69) is 10.3 Å². The molecular weight excluding hydrogens is 260 g/mol. The van der Waals surface area contributed by atoms with Gasteiger partial charge >= 0.3 is 5.97 Å². The average molecular weight is 282 g/mol. The Labute approximate surface area is 119 Å². The maximum atomic E-state index is 11.5. The second-order valence-corrected chi connectivity index (χ2v) is 6.76. The third kappa shape index (κ3) is 5.20. The molecule has 0 aliphatic carbocycles. The van der Waals surface area contributed by atoms with E-state index in [-0.39, 0.29) is 11.3 Å². The van der Waals surface area contributed by atoms with Crippen LogP contribution in [0, 0.1) is 0 Å². The highest BCUT2D eigenvalue weighted by Gasteiger charge is 2.35. The Kier molecular flexibility index (Phi) is 5.82. The standard InChI is InChI=1S/C14H22N2O2S/c1-10(2)16-14(4,13(17)18)9-11(3)19-12-5-7-15-8-6-12/h5-8,10-11,16H,9H2,1-4H3,(H,17,18). The summed E-state index contributed by atoms with van der Waals surface area (Å²) in [7, 11) is 0. The van der Waals surface area contributed by atoms with Crippen LogP contribution in [0.5, 0.6) is 0 Å². The van der Waals surface area contributed by atoms with E-state index >= 15 is 0 Å². The molecule has 0 radical (unpaired) electrons. The van der Waals surface area contributed by atoms with E-state index in [9.17, 15) is 9.90 Å². The lowest BCUT2D eigenvalue weighted by Crippen LogP contribution is -2.53. The fraction of sp³-hybridized carbons (Fsp3) is 0.571. The van der Waals surface area contributed by atoms with Gasteiger partial charge in [-0.2, -0.15) is 0 Å². The Hall–Kier alpha value is -1.07. The minimum atomic E-state index is -0.895. The summed E-state index contributed by atoms with van der Waals surface area (Å²) < 4.78 is 0. The highest BCUT2D eigenvalue weighted by molar-refractivity contribution is 7.99. The van der Waals surface area contributed by atoms with Crippen molar-refractivity contribution in [1.29, 1.82) is 0 Å². The minimum absolute atomic E-state index is 0.138. The van der Waals surface area contributed by atoms with Gasteiger partial charge < -0.3 is 5.11 Å². The first-order valence-electron chi connectivity index (χ1n) is 6.41. The highest BCUT2D eigenvalue weighted by Crippen LogP contribution is 2.28. The van der Waals surface area contributed by atoms with E-state index in [0.717, 1.165) is 4.90 Å². The van der Waals surface area contributed by atoms with Gasteiger partial charge in [0.2, 0.25) is 0 Å². The van der Waals surface area contributed by atoms with Crippen molar-refractivity contribution < 1.29 is 9.90 Å². The summed E-state index contributed by atoms with van der Waals surface area (Å²) in [5.74, 6) is -0.802. The number of nitrogens with one attached hydrogen (secondary N) is 1. The van der Waals surface area contributed by atoms with E-state index < -0.39 is 11.5 Å². The lowest BCUT2D eigenvalue weighted by molar-refractivity contribution is -0.144. The smallest absolute Gasteiger partial charge is 0.323 e. The summed E-state index contributed by atoms with van der Waals surface area (Å²) in [5.41, 5.74) is -0.895. The number of rotatable bonds is 7. The molecule has 1 rings (SSSR count). The monoisotopic (exact) mass is 282 g/mol. The number of carboxylic acids is 1. The van der Waals surface area contributed by atoms with Gasteiger partial charge in [0, 0.05) is 28.6 Å². The van der Waals surface area contributed by atoms with Gasteiger partial charge in [0.25, 0.3) is 0 Å². The number of thioether (sulfide) groups is 1. The van der Waals surface area contributed by atoms with E-state index in [4.69, 9.17) is 0 Å². The summed E-state index contributed by atoms with van der Waals surface area (Å²) in [6, 6.07) is 4.02. The number of aliphatic carboxylic acids is 1. The molecule has 19 heavy (non-hydrogen) atoms. The summed E-state index contributed by atoms with van der Waals surface area (Å²) in [4.78, 5) is 16.5. The summed E-state index contributed by atoms with van der Waals surface area (Å²) in [6.45, 7) is 7.72. The number of carbonyl (C=O) groups is 1. The van der Waals surface area contributed by atoms with Crippen molar-refractivity contribution in [1.82, 2.24) is 10.3 Å². The molecule has 0 fully saturated rings. The third-order valence-electron chi connectivity index (χ3n) is 2.76. The molecule has 5 heteroatoms. The predicted octanol–water partition coefficient (Wildman–Crippen LogP) is 2.79. The van der Waals surface area contributed by atoms with Crippen LogP contribution in [0.25, 0.3) is 0 Å². The SMILES string of the molecule is CC(C)NC(C)(CC(C)Sc1ccncc1)C(=O)O. The number of pyridine rings is 1. The first kappa shape index (κ1) is 16.0. The van der Waals surface area contributed by atoms with Gasteiger partial charge in [0.1, 0.15) is 5.54 Å². The molecule has 1 aromatic rings. The van der Waals surface area contributed by atoms with E-state index in [1.807, 2.05) is 32.9 Å². The van der Waals surface area contributed by atoms with Crippen molar-refractivity contribution >= 4 is 17.7 Å². The summed E-state index contributed by atoms with van der Waals surface area (Å²) >= 11 is 1.67. The minimum Gasteiger partial charge on any atom is -0.480 e. The zero-order valence-corrected chi connectivity index (χ0v) is 12.7. The average Bonchev–Trinajstić information content (AvgIpc) is 2.28. The number of nitrogens with zero attached hydrogens (tertiary/aromatic N) is 1. The maximum Gasteiger partial charge on any atom is 0.323 e. The summed E-state index contributed by atoms with van der Waals surface area (Å²) in [6.07, 6.45) is 4.06. The van der Waals surface area contributed by atoms with Crippen molar-refractivity contribution in [2.24, 2.45) is 0 Å². The van der Waals surface area contributed by atoms with Crippen LogP contribution in [-0.2, 0) is 4.79 Å². The number of hydrogen-bond acceptors (Lipinski definition) is 4. The molecule has 0 bridgehead atoms. The van der Waals surface area contributed by atoms with E-state index in [1.54, 1.807) is 31.1 Å². The Morgan fingerprint density at radius 1 is 1.42 bits per heavy atom. The molecule has 1 heterocycles. The van der Waals surface area contributed by atoms with Crippen LogP contribution in [0.15, 0.2) is 29.4 Å². The molecule has 4 nitrogen and oxygen atoms in total. The Balaban J connectivity index is 2.66. The molecule has 2 N–H and O–H groups in total. The fourth-order valence-corrected chi connectivity index (χ4v) is 3.27. The molecular formula is C14H22N2O2S. The molecule has 2 unspecified atom stereocenters. The van der Waals surface area contributed by atoms with Gasteiger partial charge in [-0.05, 0) is 39.3 Å². The third-order valence-corrected chi connectivity index (χ3v) is 3.88. The van der Waals surface area contributed by atoms with Crippen LogP contribution in [0.1, 0.15) is 34.1 Å². The van der Waals surface area contributed by atoms with Crippen molar-refractivity contribution in [2.75, 3.05) is 0 Å². The van der Waals surface area contributed by atoms with Crippen LogP contribution in [0.3, 0.4) is 0 Å². The number of aromatic nitrogens is 1. The van der Waals surface area contributed by atoms with Gasteiger partial charge in [-0.15, -0.1) is 11.8 Å². The topological polar surface area (TPSA) is 62.2 Å². The molecule has 0 aromatic carbocycles. The normalized spacial score (nSPS) is 16.1. The number of carboxylic acid groups (broad SMARTS) is 1. The lowest BCUT2D eigenvalue weighted by Gasteiger charge is -2.31. The second kappa shape index (κ2) is 6.91. The van der Waals surface area contributed by atoms with Crippen LogP contribution < -0.4 is 5.32 Å². The first-order valence-corrected chi connectivity index (χ1v) is 7.29. The van der Waals surface area contributed by atoms with Crippen molar-refractivity contribution in [3.63, 3.8) is 0 Å². The molecule has 0 aliphatic heterocycles. The largest absolute Gasteiger partial charge is 0.480 e. The zero-order valence-electron chi connectivity index (χ0n) is 11.9. The Bertz CT molecular complexity index is 411. The van der Waals surface area contributed by atoms with E-state index in [0.29, 0.717) is 6.42 Å². The van der Waals surface area contributed by atoms with Gasteiger partial charge in [-0.25, -0.2) is 0 Å². The molecule has 0 saturated carbocycles. The maximum absolute atomic E-state index is 11.5. The fourth-order valence-electron chi connectivity index (χ4n) is 2.11. The molecule has 0 spiro atoms. The first-order chi connectivity index (χ1) is 8.83. The van der Waals surface area contributed by atoms with Crippen molar-refractivity contribution in [3.8, 4) is 0 Å². The van der Waals surface area contributed by atoms with Crippen molar-refractivity contribution in [2.45, 2.75) is 55.8 Å². The van der Waals surface area contributed by atoms with Gasteiger partial charge in [-0.1, -0.05) is 6.92 Å². The molecule has 1 aromatic heterocycles. The summed E-state index contributed by atoms with van der Waals surface area (Å²) in [5, 5.41) is 12.8. The predicted molar refractivity (Wildman–Crippen MR) is 78.5 cm³/mol. The second-order valence-electron chi connectivity index (χ2n) is 5.25. The molecule has 106 valence electrons. The Morgan fingerprint density at radius 2 is 2.00 bits per heavy atom. The highest BCUT2D eigenvalue weighted by atomic mass is 32.2. The van der Waals surface area contributed by atoms with Crippen LogP contribution in [-0.4, -0.2) is 32.9 Å². The zero-order chi connectivity index (χ0) is 14.5. The quantitative estimate of drug-likeness (QED) is 0.753. The van der Waals surface area contributed by atoms with Crippen molar-refractivity contribution in [3.05, 3.63) is 24.5 Å². The molecule has 0 saturated heterocycles. The van der Waals surface area contributed by atoms with E-state index in [1.165, 1.54) is 0 Å². The van der Waals surface area contributed by atoms with Crippen LogP contribution >= 0.6 is 11.8 Å². The van der Waals surface area contributed by atoms with Gasteiger partial charge in [-0.3, -0.25) is 15.1 Å². The molecule has 2 atom stereocenters. The van der Waals surface area contributed by atoms with Crippen LogP contribution in [0.4, 0.5) is 0 Å².